The minimum absolute atomic E-state index is 0.174. The standard InChI is InChI=1S/2C17H15FN6/c2*1-24-9-12(8-21-24)16-22-15-13(4-5-20-17(15)23-16)10-2-3-11(7-19)14(18)6-10/h2*2-6,8-9H,7,19H2,1H3,(H,20,22,23). The summed E-state index contributed by atoms with van der Waals surface area (Å²) < 4.78 is 31.6. The van der Waals surface area contributed by atoms with Crippen LogP contribution in [0.5, 0.6) is 0 Å². The number of nitrogens with two attached hydrogens (primary N) is 2. The van der Waals surface area contributed by atoms with Crippen LogP contribution in [-0.2, 0) is 27.2 Å². The molecule has 8 aromatic rings. The zero-order valence-electron chi connectivity index (χ0n) is 26.0. The molecule has 0 spiro atoms. The number of benzene rings is 2. The van der Waals surface area contributed by atoms with Gasteiger partial charge in [-0.1, -0.05) is 24.3 Å². The molecule has 0 atom stereocenters. The van der Waals surface area contributed by atoms with Crippen LogP contribution >= 0.6 is 0 Å². The minimum atomic E-state index is -0.313. The minimum Gasteiger partial charge on any atom is -0.336 e. The highest BCUT2D eigenvalue weighted by Crippen LogP contribution is 2.31. The van der Waals surface area contributed by atoms with Gasteiger partial charge in [-0.3, -0.25) is 9.36 Å². The van der Waals surface area contributed by atoms with Gasteiger partial charge in [0.2, 0.25) is 0 Å². The third-order valence-corrected chi connectivity index (χ3v) is 7.91. The number of fused-ring (bicyclic) bond motifs is 2. The highest BCUT2D eigenvalue weighted by Gasteiger charge is 2.15. The Hall–Kier alpha value is -6.12. The molecule has 0 unspecified atom stereocenters. The van der Waals surface area contributed by atoms with Crippen LogP contribution in [0, 0.1) is 11.6 Å². The number of hydrogen-bond donors (Lipinski definition) is 4. The number of nitrogens with one attached hydrogen (secondary N) is 2. The molecule has 240 valence electrons. The summed E-state index contributed by atoms with van der Waals surface area (Å²) >= 11 is 0. The van der Waals surface area contributed by atoms with Crippen LogP contribution in [0.15, 0.2) is 85.7 Å². The molecule has 8 rings (SSSR count). The molecule has 6 heterocycles. The van der Waals surface area contributed by atoms with Crippen molar-refractivity contribution in [3.63, 3.8) is 0 Å². The number of aryl methyl sites for hydroxylation is 2. The Labute approximate surface area is 272 Å². The van der Waals surface area contributed by atoms with Crippen molar-refractivity contribution in [3.05, 3.63) is 108 Å². The average molecular weight is 645 g/mol. The summed E-state index contributed by atoms with van der Waals surface area (Å²) in [6.07, 6.45) is 10.5. The Bertz CT molecular complexity index is 2230. The zero-order chi connectivity index (χ0) is 33.4. The lowest BCUT2D eigenvalue weighted by atomic mass is 10.0. The molecule has 0 saturated carbocycles. The normalized spacial score (nSPS) is 11.3. The third-order valence-electron chi connectivity index (χ3n) is 7.91. The van der Waals surface area contributed by atoms with Crippen LogP contribution in [0.1, 0.15) is 11.1 Å². The smallest absolute Gasteiger partial charge is 0.178 e. The van der Waals surface area contributed by atoms with Crippen LogP contribution in [0.25, 0.3) is 67.4 Å². The quantitative estimate of drug-likeness (QED) is 0.190. The number of aromatic nitrogens is 10. The molecule has 0 saturated heterocycles. The first-order valence-corrected chi connectivity index (χ1v) is 15.0. The van der Waals surface area contributed by atoms with E-state index in [1.807, 2.05) is 50.8 Å². The summed E-state index contributed by atoms with van der Waals surface area (Å²) in [5, 5.41) is 8.30. The zero-order valence-corrected chi connectivity index (χ0v) is 26.0. The predicted octanol–water partition coefficient (Wildman–Crippen LogP) is 5.25. The number of nitrogens with zero attached hydrogens (tertiary/aromatic N) is 8. The molecule has 0 fully saturated rings. The first kappa shape index (κ1) is 30.5. The largest absolute Gasteiger partial charge is 0.336 e. The monoisotopic (exact) mass is 644 g/mol. The van der Waals surface area contributed by atoms with Gasteiger partial charge in [0.15, 0.2) is 11.3 Å². The van der Waals surface area contributed by atoms with Gasteiger partial charge >= 0.3 is 0 Å². The molecule has 6 aromatic heterocycles. The van der Waals surface area contributed by atoms with Gasteiger partial charge < -0.3 is 21.4 Å². The molecule has 14 heteroatoms. The summed E-state index contributed by atoms with van der Waals surface area (Å²) in [5.74, 6) is 0.730. The second kappa shape index (κ2) is 12.6. The molecule has 0 aliphatic carbocycles. The summed E-state index contributed by atoms with van der Waals surface area (Å²) in [6.45, 7) is 0.347. The van der Waals surface area contributed by atoms with E-state index in [2.05, 4.69) is 40.1 Å². The Balaban J connectivity index is 0.000000152. The van der Waals surface area contributed by atoms with Crippen LogP contribution < -0.4 is 11.5 Å². The molecule has 6 N–H and O–H groups in total. The molecule has 48 heavy (non-hydrogen) atoms. The first-order chi connectivity index (χ1) is 23.3. The van der Waals surface area contributed by atoms with Crippen LogP contribution in [0.4, 0.5) is 8.78 Å². The number of H-pyrrole nitrogens is 2. The van der Waals surface area contributed by atoms with Gasteiger partial charge in [-0.2, -0.15) is 10.2 Å². The molecule has 12 nitrogen and oxygen atoms in total. The number of pyridine rings is 2. The molecule has 0 bridgehead atoms. The van der Waals surface area contributed by atoms with Gasteiger partial charge in [0.1, 0.15) is 23.3 Å². The van der Waals surface area contributed by atoms with E-state index in [0.29, 0.717) is 34.1 Å². The summed E-state index contributed by atoms with van der Waals surface area (Å²) in [6, 6.07) is 13.8. The van der Waals surface area contributed by atoms with Crippen LogP contribution in [-0.4, -0.2) is 49.5 Å². The SMILES string of the molecule is Cn1cc(-c2nc3nccc(-c4ccc(CN)c(F)c4)c3[nH]2)cn1.Cn1cc(-c2nc3nccc(-c4ccc(CN)c(F)c4)c3[nH]2)cn1. The molecular weight excluding hydrogens is 614 g/mol. The number of hydrogen-bond acceptors (Lipinski definition) is 8. The fourth-order valence-corrected chi connectivity index (χ4v) is 5.42. The first-order valence-electron chi connectivity index (χ1n) is 15.0. The van der Waals surface area contributed by atoms with Gasteiger partial charge in [-0.05, 0) is 35.4 Å². The molecule has 0 radical (unpaired) electrons. The summed E-state index contributed by atoms with van der Waals surface area (Å²) in [5.41, 5.74) is 19.6. The lowest BCUT2D eigenvalue weighted by Gasteiger charge is -2.05. The van der Waals surface area contributed by atoms with Crippen molar-refractivity contribution in [1.82, 2.24) is 49.5 Å². The summed E-state index contributed by atoms with van der Waals surface area (Å²) in [7, 11) is 3.69. The lowest BCUT2D eigenvalue weighted by molar-refractivity contribution is 0.611. The molecule has 2 aromatic carbocycles. The second-order valence-electron chi connectivity index (χ2n) is 11.1. The molecular formula is C34H30F2N12. The Kier molecular flexibility index (Phi) is 8.00. The fraction of sp³-hybridized carbons (Fsp3) is 0.118. The van der Waals surface area contributed by atoms with Crippen LogP contribution in [0.2, 0.25) is 0 Å². The second-order valence-corrected chi connectivity index (χ2v) is 11.1. The van der Waals surface area contributed by atoms with Gasteiger partial charge in [-0.15, -0.1) is 0 Å². The highest BCUT2D eigenvalue weighted by molar-refractivity contribution is 5.92. The van der Waals surface area contributed by atoms with Crippen LogP contribution in [0.3, 0.4) is 0 Å². The van der Waals surface area contributed by atoms with E-state index in [-0.39, 0.29) is 24.7 Å². The summed E-state index contributed by atoms with van der Waals surface area (Å²) in [4.78, 5) is 24.1. The lowest BCUT2D eigenvalue weighted by Crippen LogP contribution is -1.99. The molecule has 0 aliphatic heterocycles. The van der Waals surface area contributed by atoms with Crippen molar-refractivity contribution in [1.29, 1.82) is 0 Å². The van der Waals surface area contributed by atoms with Crippen molar-refractivity contribution >= 4 is 22.3 Å². The van der Waals surface area contributed by atoms with E-state index >= 15 is 0 Å². The van der Waals surface area contributed by atoms with Crippen molar-refractivity contribution in [2.45, 2.75) is 13.1 Å². The number of rotatable bonds is 6. The van der Waals surface area contributed by atoms with E-state index in [4.69, 9.17) is 11.5 Å². The number of imidazole rings is 2. The molecule has 0 amide bonds. The van der Waals surface area contributed by atoms with Crippen molar-refractivity contribution in [3.8, 4) is 45.0 Å². The maximum atomic E-state index is 14.1. The van der Waals surface area contributed by atoms with Gasteiger partial charge in [0.25, 0.3) is 0 Å². The highest BCUT2D eigenvalue weighted by atomic mass is 19.1. The van der Waals surface area contributed by atoms with Gasteiger partial charge in [0, 0.05) is 74.2 Å². The Morgan fingerprint density at radius 2 is 1.06 bits per heavy atom. The van der Waals surface area contributed by atoms with Crippen molar-refractivity contribution < 1.29 is 8.78 Å². The van der Waals surface area contributed by atoms with E-state index in [9.17, 15) is 8.78 Å². The van der Waals surface area contributed by atoms with E-state index in [0.717, 1.165) is 44.4 Å². The Morgan fingerprint density at radius 1 is 0.625 bits per heavy atom. The maximum Gasteiger partial charge on any atom is 0.178 e. The van der Waals surface area contributed by atoms with E-state index in [1.165, 1.54) is 12.1 Å². The van der Waals surface area contributed by atoms with Gasteiger partial charge in [-0.25, -0.2) is 28.7 Å². The van der Waals surface area contributed by atoms with Gasteiger partial charge in [0.05, 0.1) is 34.6 Å². The fourth-order valence-electron chi connectivity index (χ4n) is 5.42. The number of aromatic amines is 2. The van der Waals surface area contributed by atoms with Crippen molar-refractivity contribution in [2.24, 2.45) is 25.6 Å². The number of halogens is 2. The average Bonchev–Trinajstić information content (AvgIpc) is 3.90. The van der Waals surface area contributed by atoms with E-state index in [1.54, 1.807) is 46.3 Å². The van der Waals surface area contributed by atoms with E-state index < -0.39 is 0 Å². The van der Waals surface area contributed by atoms with Crippen molar-refractivity contribution in [2.75, 3.05) is 0 Å². The third kappa shape index (κ3) is 5.81. The Morgan fingerprint density at radius 3 is 1.42 bits per heavy atom. The molecule has 0 aliphatic rings. The topological polar surface area (TPSA) is 171 Å². The maximum absolute atomic E-state index is 14.1. The predicted molar refractivity (Wildman–Crippen MR) is 179 cm³/mol.